The summed E-state index contributed by atoms with van der Waals surface area (Å²) in [5.74, 6) is 1.05. The molecule has 2 heterocycles. The predicted octanol–water partition coefficient (Wildman–Crippen LogP) is 6.22. The van der Waals surface area contributed by atoms with Crippen molar-refractivity contribution in [2.75, 3.05) is 18.5 Å². The first-order chi connectivity index (χ1) is 14.6. The van der Waals surface area contributed by atoms with Crippen molar-refractivity contribution in [2.24, 2.45) is 0 Å². The van der Waals surface area contributed by atoms with E-state index in [9.17, 15) is 9.18 Å². The van der Waals surface area contributed by atoms with E-state index in [1.165, 1.54) is 12.1 Å². The Morgan fingerprint density at radius 3 is 2.63 bits per heavy atom. The molecule has 1 amide bonds. The largest absolute Gasteiger partial charge is 0.490 e. The van der Waals surface area contributed by atoms with E-state index >= 15 is 0 Å². The Kier molecular flexibility index (Phi) is 6.04. The van der Waals surface area contributed by atoms with Gasteiger partial charge in [-0.1, -0.05) is 25.1 Å². The fraction of sp³-hybridized carbons (Fsp3) is 0.292. The molecule has 30 heavy (non-hydrogen) atoms. The predicted molar refractivity (Wildman–Crippen MR) is 118 cm³/mol. The van der Waals surface area contributed by atoms with Crippen molar-refractivity contribution in [3.8, 4) is 22.6 Å². The van der Waals surface area contributed by atoms with Crippen LogP contribution in [0.3, 0.4) is 0 Å². The van der Waals surface area contributed by atoms with Crippen molar-refractivity contribution < 1.29 is 18.7 Å². The number of rotatable bonds is 7. The van der Waals surface area contributed by atoms with Gasteiger partial charge in [0, 0.05) is 28.2 Å². The maximum atomic E-state index is 13.3. The highest BCUT2D eigenvalue weighted by molar-refractivity contribution is 7.11. The van der Waals surface area contributed by atoms with Gasteiger partial charge in [-0.2, -0.15) is 0 Å². The van der Waals surface area contributed by atoms with Crippen LogP contribution in [-0.2, 0) is 4.79 Å². The van der Waals surface area contributed by atoms with E-state index in [1.54, 1.807) is 23.5 Å². The summed E-state index contributed by atoms with van der Waals surface area (Å²) < 4.78 is 25.0. The number of carbonyl (C=O) groups excluding carboxylic acids is 1. The van der Waals surface area contributed by atoms with E-state index in [0.717, 1.165) is 39.4 Å². The van der Waals surface area contributed by atoms with Crippen LogP contribution in [0, 0.1) is 5.82 Å². The molecule has 0 aliphatic carbocycles. The summed E-state index contributed by atoms with van der Waals surface area (Å²) in [5.41, 5.74) is 3.64. The summed E-state index contributed by atoms with van der Waals surface area (Å²) >= 11 is 1.61. The second-order valence-electron chi connectivity index (χ2n) is 7.19. The standard InChI is InChI=1S/C24H24FNO3S/c1-3-11-29-20-10-7-16(12-21(20)28-4-2)18-13-22(27)26-23-19(14-30-24(18)23)15-5-8-17(25)9-6-15/h5-10,12,14,18H,3-4,11,13H2,1-2H3,(H,26,27)/t18-/m0/s1. The first-order valence-corrected chi connectivity index (χ1v) is 11.0. The molecule has 4 rings (SSSR count). The third-order valence-electron chi connectivity index (χ3n) is 5.08. The zero-order chi connectivity index (χ0) is 21.1. The molecule has 0 bridgehead atoms. The third-order valence-corrected chi connectivity index (χ3v) is 6.17. The number of amides is 1. The lowest BCUT2D eigenvalue weighted by molar-refractivity contribution is -0.116. The third kappa shape index (κ3) is 4.05. The average molecular weight is 426 g/mol. The van der Waals surface area contributed by atoms with Crippen LogP contribution in [0.2, 0.25) is 0 Å². The molecule has 2 aromatic carbocycles. The van der Waals surface area contributed by atoms with Crippen LogP contribution in [0.1, 0.15) is 43.0 Å². The number of ether oxygens (including phenoxy) is 2. The Bertz CT molecular complexity index is 1050. The quantitative estimate of drug-likeness (QED) is 0.489. The molecular weight excluding hydrogens is 401 g/mol. The maximum Gasteiger partial charge on any atom is 0.225 e. The van der Waals surface area contributed by atoms with Crippen molar-refractivity contribution >= 4 is 22.9 Å². The smallest absolute Gasteiger partial charge is 0.225 e. The van der Waals surface area contributed by atoms with Gasteiger partial charge in [-0.3, -0.25) is 4.79 Å². The van der Waals surface area contributed by atoms with E-state index in [4.69, 9.17) is 9.47 Å². The number of thiophene rings is 1. The van der Waals surface area contributed by atoms with Gasteiger partial charge in [-0.05, 0) is 48.7 Å². The number of anilines is 1. The molecule has 1 aliphatic rings. The van der Waals surface area contributed by atoms with Gasteiger partial charge in [0.1, 0.15) is 5.82 Å². The zero-order valence-corrected chi connectivity index (χ0v) is 17.9. The summed E-state index contributed by atoms with van der Waals surface area (Å²) in [5, 5.41) is 5.05. The number of benzene rings is 2. The molecule has 0 unspecified atom stereocenters. The Morgan fingerprint density at radius 2 is 1.90 bits per heavy atom. The topological polar surface area (TPSA) is 47.6 Å². The molecule has 6 heteroatoms. The molecule has 3 aromatic rings. The van der Waals surface area contributed by atoms with E-state index in [-0.39, 0.29) is 17.6 Å². The van der Waals surface area contributed by atoms with Crippen LogP contribution in [0.5, 0.6) is 11.5 Å². The fourth-order valence-electron chi connectivity index (χ4n) is 3.68. The lowest BCUT2D eigenvalue weighted by Gasteiger charge is -2.25. The summed E-state index contributed by atoms with van der Waals surface area (Å²) in [7, 11) is 0. The zero-order valence-electron chi connectivity index (χ0n) is 17.0. The van der Waals surface area contributed by atoms with Crippen LogP contribution in [0.15, 0.2) is 47.8 Å². The molecule has 1 aromatic heterocycles. The van der Waals surface area contributed by atoms with Crippen LogP contribution in [0.4, 0.5) is 10.1 Å². The van der Waals surface area contributed by atoms with Gasteiger partial charge in [0.2, 0.25) is 5.91 Å². The van der Waals surface area contributed by atoms with Gasteiger partial charge in [0.05, 0.1) is 18.9 Å². The summed E-state index contributed by atoms with van der Waals surface area (Å²) in [6.45, 7) is 5.17. The SMILES string of the molecule is CCCOc1ccc([C@@H]2CC(=O)Nc3c(-c4ccc(F)cc4)csc32)cc1OCC. The van der Waals surface area contributed by atoms with Gasteiger partial charge < -0.3 is 14.8 Å². The van der Waals surface area contributed by atoms with E-state index < -0.39 is 0 Å². The number of halogens is 1. The molecule has 4 nitrogen and oxygen atoms in total. The fourth-order valence-corrected chi connectivity index (χ4v) is 4.84. The van der Waals surface area contributed by atoms with Gasteiger partial charge in [-0.25, -0.2) is 4.39 Å². The Balaban J connectivity index is 1.72. The molecule has 0 radical (unpaired) electrons. The maximum absolute atomic E-state index is 13.3. The van der Waals surface area contributed by atoms with Crippen LogP contribution in [0.25, 0.3) is 11.1 Å². The van der Waals surface area contributed by atoms with Crippen LogP contribution >= 0.6 is 11.3 Å². The molecule has 1 aliphatic heterocycles. The summed E-state index contributed by atoms with van der Waals surface area (Å²) in [6.07, 6.45) is 1.29. The van der Waals surface area contributed by atoms with Gasteiger partial charge in [-0.15, -0.1) is 11.3 Å². The molecule has 0 saturated carbocycles. The van der Waals surface area contributed by atoms with Crippen LogP contribution < -0.4 is 14.8 Å². The molecular formula is C24H24FNO3S. The van der Waals surface area contributed by atoms with Crippen LogP contribution in [-0.4, -0.2) is 19.1 Å². The number of nitrogens with one attached hydrogen (secondary N) is 1. The van der Waals surface area contributed by atoms with Crippen molar-refractivity contribution in [3.05, 3.63) is 64.1 Å². The second-order valence-corrected chi connectivity index (χ2v) is 8.10. The number of fused-ring (bicyclic) bond motifs is 1. The highest BCUT2D eigenvalue weighted by atomic mass is 32.1. The van der Waals surface area contributed by atoms with E-state index in [1.807, 2.05) is 30.5 Å². The molecule has 1 N–H and O–H groups in total. The molecule has 0 saturated heterocycles. The van der Waals surface area contributed by atoms with E-state index in [2.05, 4.69) is 12.2 Å². The van der Waals surface area contributed by atoms with Gasteiger partial charge in [0.15, 0.2) is 11.5 Å². The van der Waals surface area contributed by atoms with Crippen molar-refractivity contribution in [1.29, 1.82) is 0 Å². The second kappa shape index (κ2) is 8.88. The van der Waals surface area contributed by atoms with Crippen molar-refractivity contribution in [1.82, 2.24) is 0 Å². The lowest BCUT2D eigenvalue weighted by atomic mass is 9.89. The highest BCUT2D eigenvalue weighted by Crippen LogP contribution is 2.47. The summed E-state index contributed by atoms with van der Waals surface area (Å²) in [6, 6.07) is 12.3. The molecule has 156 valence electrons. The molecule has 0 fully saturated rings. The van der Waals surface area contributed by atoms with Gasteiger partial charge in [0.25, 0.3) is 0 Å². The lowest BCUT2D eigenvalue weighted by Crippen LogP contribution is -2.22. The van der Waals surface area contributed by atoms with Gasteiger partial charge >= 0.3 is 0 Å². The van der Waals surface area contributed by atoms with Crippen molar-refractivity contribution in [3.63, 3.8) is 0 Å². The Hall–Kier alpha value is -2.86. The average Bonchev–Trinajstić information content (AvgIpc) is 3.16. The Labute approximate surface area is 179 Å². The highest BCUT2D eigenvalue weighted by Gasteiger charge is 2.31. The van der Waals surface area contributed by atoms with E-state index in [0.29, 0.717) is 25.4 Å². The minimum Gasteiger partial charge on any atom is -0.490 e. The summed E-state index contributed by atoms with van der Waals surface area (Å²) in [4.78, 5) is 13.6. The number of hydrogen-bond acceptors (Lipinski definition) is 4. The molecule has 1 atom stereocenters. The molecule has 0 spiro atoms. The first kappa shape index (κ1) is 20.4. The number of carbonyl (C=O) groups is 1. The number of hydrogen-bond donors (Lipinski definition) is 1. The first-order valence-electron chi connectivity index (χ1n) is 10.2. The van der Waals surface area contributed by atoms with Crippen molar-refractivity contribution in [2.45, 2.75) is 32.6 Å². The minimum atomic E-state index is -0.279. The monoisotopic (exact) mass is 425 g/mol. The Morgan fingerprint density at radius 1 is 1.10 bits per heavy atom. The normalized spacial score (nSPS) is 15.4. The minimum absolute atomic E-state index is 0.0291.